The second-order valence-electron chi connectivity index (χ2n) is 10.2. The van der Waals surface area contributed by atoms with Crippen LogP contribution in [0.25, 0.3) is 22.3 Å². The Balaban J connectivity index is 1.73. The zero-order chi connectivity index (χ0) is 31.0. The SMILES string of the molecule is C=C(C)C(=O)OCCOc1ccc(-c2ccc(CCCOC(=O)C(=C)COC)cc2)c(-c2ccc(OCCCC)cc2)c1. The van der Waals surface area contributed by atoms with E-state index in [1.807, 2.05) is 30.3 Å². The fourth-order valence-corrected chi connectivity index (χ4v) is 4.21. The molecule has 3 aromatic rings. The second kappa shape index (κ2) is 17.6. The predicted molar refractivity (Wildman–Crippen MR) is 169 cm³/mol. The first kappa shape index (κ1) is 33.1. The first-order valence-electron chi connectivity index (χ1n) is 14.6. The number of ether oxygens (including phenoxy) is 5. The van der Waals surface area contributed by atoms with E-state index in [0.717, 1.165) is 52.8 Å². The zero-order valence-corrected chi connectivity index (χ0v) is 25.5. The van der Waals surface area contributed by atoms with Crippen LogP contribution in [0.4, 0.5) is 0 Å². The lowest BCUT2D eigenvalue weighted by atomic mass is 9.93. The smallest absolute Gasteiger partial charge is 0.335 e. The molecule has 0 unspecified atom stereocenters. The summed E-state index contributed by atoms with van der Waals surface area (Å²) in [5, 5.41) is 0. The monoisotopic (exact) mass is 586 g/mol. The molecule has 0 saturated carbocycles. The summed E-state index contributed by atoms with van der Waals surface area (Å²) in [6, 6.07) is 22.4. The summed E-state index contributed by atoms with van der Waals surface area (Å²) in [5.41, 5.74) is 5.96. The second-order valence-corrected chi connectivity index (χ2v) is 10.2. The van der Waals surface area contributed by atoms with Crippen LogP contribution >= 0.6 is 0 Å². The molecular formula is C36H42O7. The number of aryl methyl sites for hydroxylation is 1. The normalized spacial score (nSPS) is 10.6. The molecule has 7 heteroatoms. The lowest BCUT2D eigenvalue weighted by Crippen LogP contribution is -2.12. The number of hydrogen-bond acceptors (Lipinski definition) is 7. The van der Waals surface area contributed by atoms with Gasteiger partial charge in [-0.05, 0) is 78.3 Å². The number of esters is 2. The van der Waals surface area contributed by atoms with Crippen molar-refractivity contribution >= 4 is 11.9 Å². The molecule has 0 N–H and O–H groups in total. The van der Waals surface area contributed by atoms with Gasteiger partial charge in [0.15, 0.2) is 0 Å². The van der Waals surface area contributed by atoms with Crippen molar-refractivity contribution in [2.24, 2.45) is 0 Å². The van der Waals surface area contributed by atoms with Crippen LogP contribution in [0.2, 0.25) is 0 Å². The van der Waals surface area contributed by atoms with Gasteiger partial charge < -0.3 is 23.7 Å². The summed E-state index contributed by atoms with van der Waals surface area (Å²) in [5.74, 6) is 0.653. The maximum Gasteiger partial charge on any atom is 0.335 e. The molecule has 0 atom stereocenters. The third-order valence-electron chi connectivity index (χ3n) is 6.57. The first-order valence-corrected chi connectivity index (χ1v) is 14.6. The molecule has 0 aromatic heterocycles. The Bertz CT molecular complexity index is 1360. The Hall–Kier alpha value is -4.36. The van der Waals surface area contributed by atoms with Gasteiger partial charge in [0.2, 0.25) is 0 Å². The molecule has 43 heavy (non-hydrogen) atoms. The number of methoxy groups -OCH3 is 1. The van der Waals surface area contributed by atoms with Crippen LogP contribution in [0.1, 0.15) is 38.7 Å². The Labute approximate surface area is 255 Å². The quantitative estimate of drug-likeness (QED) is 0.0874. The van der Waals surface area contributed by atoms with Gasteiger partial charge in [0, 0.05) is 12.7 Å². The molecule has 0 heterocycles. The van der Waals surface area contributed by atoms with Crippen molar-refractivity contribution in [1.82, 2.24) is 0 Å². The lowest BCUT2D eigenvalue weighted by molar-refractivity contribution is -0.140. The predicted octanol–water partition coefficient (Wildman–Crippen LogP) is 7.38. The van der Waals surface area contributed by atoms with E-state index in [1.165, 1.54) is 7.11 Å². The van der Waals surface area contributed by atoms with Crippen LogP contribution < -0.4 is 9.47 Å². The van der Waals surface area contributed by atoms with E-state index < -0.39 is 11.9 Å². The number of rotatable bonds is 18. The van der Waals surface area contributed by atoms with Crippen molar-refractivity contribution in [2.75, 3.05) is 40.1 Å². The van der Waals surface area contributed by atoms with Crippen LogP contribution in [-0.4, -0.2) is 52.1 Å². The van der Waals surface area contributed by atoms with Gasteiger partial charge in [-0.3, -0.25) is 0 Å². The van der Waals surface area contributed by atoms with Crippen molar-refractivity contribution in [3.63, 3.8) is 0 Å². The number of carbonyl (C=O) groups is 2. The van der Waals surface area contributed by atoms with E-state index in [-0.39, 0.29) is 19.8 Å². The highest BCUT2D eigenvalue weighted by atomic mass is 16.6. The minimum atomic E-state index is -0.432. The molecular weight excluding hydrogens is 544 g/mol. The highest BCUT2D eigenvalue weighted by Crippen LogP contribution is 2.36. The number of benzene rings is 3. The molecule has 0 saturated heterocycles. The molecule has 0 aliphatic heterocycles. The number of hydrogen-bond donors (Lipinski definition) is 0. The average molecular weight is 587 g/mol. The third-order valence-corrected chi connectivity index (χ3v) is 6.57. The number of unbranched alkanes of at least 4 members (excludes halogenated alkanes) is 1. The van der Waals surface area contributed by atoms with Crippen LogP contribution in [0.3, 0.4) is 0 Å². The fraction of sp³-hybridized carbons (Fsp3) is 0.333. The van der Waals surface area contributed by atoms with E-state index in [9.17, 15) is 9.59 Å². The standard InChI is InChI=1S/C36H42O7/c1-6-7-20-40-31-16-14-30(15-17-31)34-24-32(41-22-23-43-35(37)26(2)3)18-19-33(34)29-12-10-28(11-13-29)9-8-21-42-36(38)27(4)25-39-5/h10-19,24H,2,4,6-9,20-23,25H2,1,3,5H3. The summed E-state index contributed by atoms with van der Waals surface area (Å²) in [4.78, 5) is 23.5. The topological polar surface area (TPSA) is 80.3 Å². The van der Waals surface area contributed by atoms with Gasteiger partial charge in [0.25, 0.3) is 0 Å². The van der Waals surface area contributed by atoms with Gasteiger partial charge in [0.05, 0.1) is 25.4 Å². The molecule has 0 spiro atoms. The Morgan fingerprint density at radius 1 is 0.698 bits per heavy atom. The van der Waals surface area contributed by atoms with E-state index in [0.29, 0.717) is 36.5 Å². The van der Waals surface area contributed by atoms with E-state index >= 15 is 0 Å². The Kier molecular flexibility index (Phi) is 13.5. The van der Waals surface area contributed by atoms with Gasteiger partial charge in [-0.1, -0.05) is 69.0 Å². The first-order chi connectivity index (χ1) is 20.8. The number of carbonyl (C=O) groups excluding carboxylic acids is 2. The van der Waals surface area contributed by atoms with Crippen LogP contribution in [0.15, 0.2) is 91.0 Å². The molecule has 0 fully saturated rings. The van der Waals surface area contributed by atoms with Gasteiger partial charge in [-0.2, -0.15) is 0 Å². The highest BCUT2D eigenvalue weighted by Gasteiger charge is 2.12. The van der Waals surface area contributed by atoms with Gasteiger partial charge in [-0.25, -0.2) is 9.59 Å². The van der Waals surface area contributed by atoms with E-state index in [1.54, 1.807) is 6.92 Å². The van der Waals surface area contributed by atoms with Crippen molar-refractivity contribution in [2.45, 2.75) is 39.5 Å². The van der Waals surface area contributed by atoms with Crippen molar-refractivity contribution in [3.8, 4) is 33.8 Å². The molecule has 0 radical (unpaired) electrons. The molecule has 0 bridgehead atoms. The van der Waals surface area contributed by atoms with Gasteiger partial charge in [0.1, 0.15) is 24.7 Å². The minimum Gasteiger partial charge on any atom is -0.494 e. The maximum absolute atomic E-state index is 11.9. The summed E-state index contributed by atoms with van der Waals surface area (Å²) >= 11 is 0. The average Bonchev–Trinajstić information content (AvgIpc) is 3.02. The third kappa shape index (κ3) is 10.8. The van der Waals surface area contributed by atoms with Crippen LogP contribution in [0, 0.1) is 0 Å². The van der Waals surface area contributed by atoms with E-state index in [4.69, 9.17) is 23.7 Å². The van der Waals surface area contributed by atoms with Crippen molar-refractivity contribution in [1.29, 1.82) is 0 Å². The molecule has 0 aliphatic rings. The maximum atomic E-state index is 11.9. The van der Waals surface area contributed by atoms with Crippen LogP contribution in [0.5, 0.6) is 11.5 Å². The zero-order valence-electron chi connectivity index (χ0n) is 25.5. The minimum absolute atomic E-state index is 0.134. The fourth-order valence-electron chi connectivity index (χ4n) is 4.21. The Morgan fingerprint density at radius 2 is 1.33 bits per heavy atom. The largest absolute Gasteiger partial charge is 0.494 e. The summed E-state index contributed by atoms with van der Waals surface area (Å²) in [6.45, 7) is 12.6. The Morgan fingerprint density at radius 3 is 2.00 bits per heavy atom. The van der Waals surface area contributed by atoms with Crippen molar-refractivity contribution in [3.05, 3.63) is 96.6 Å². The molecule has 0 amide bonds. The highest BCUT2D eigenvalue weighted by molar-refractivity contribution is 5.88. The van der Waals surface area contributed by atoms with Crippen molar-refractivity contribution < 1.29 is 33.3 Å². The lowest BCUT2D eigenvalue weighted by Gasteiger charge is -2.15. The summed E-state index contributed by atoms with van der Waals surface area (Å²) < 4.78 is 27.1. The molecule has 7 nitrogen and oxygen atoms in total. The molecule has 0 aliphatic carbocycles. The van der Waals surface area contributed by atoms with E-state index in [2.05, 4.69) is 56.5 Å². The molecule has 228 valence electrons. The molecule has 3 rings (SSSR count). The van der Waals surface area contributed by atoms with Crippen LogP contribution in [-0.2, 0) is 30.2 Å². The van der Waals surface area contributed by atoms with Gasteiger partial charge in [-0.15, -0.1) is 0 Å². The molecule has 3 aromatic carbocycles. The summed E-state index contributed by atoms with van der Waals surface area (Å²) in [6.07, 6.45) is 3.58. The summed E-state index contributed by atoms with van der Waals surface area (Å²) in [7, 11) is 1.51. The van der Waals surface area contributed by atoms with Gasteiger partial charge >= 0.3 is 11.9 Å².